The van der Waals surface area contributed by atoms with Crippen LogP contribution in [-0.2, 0) is 4.74 Å². The molecule has 7 nitrogen and oxygen atoms in total. The van der Waals surface area contributed by atoms with Crippen molar-refractivity contribution in [2.45, 2.75) is 5.67 Å². The summed E-state index contributed by atoms with van der Waals surface area (Å²) in [5.41, 5.74) is -1.56. The summed E-state index contributed by atoms with van der Waals surface area (Å²) in [5, 5.41) is 11.8. The zero-order valence-electron chi connectivity index (χ0n) is 18.3. The molecule has 1 atom stereocenters. The highest BCUT2D eigenvalue weighted by Gasteiger charge is 2.34. The molecule has 0 unspecified atom stereocenters. The molecule has 0 radical (unpaired) electrons. The van der Waals surface area contributed by atoms with Crippen molar-refractivity contribution in [1.82, 2.24) is 9.97 Å². The van der Waals surface area contributed by atoms with E-state index in [0.29, 0.717) is 6.07 Å². The third-order valence-corrected chi connectivity index (χ3v) is 5.48. The summed E-state index contributed by atoms with van der Waals surface area (Å²) >= 11 is 0. The molecule has 0 bridgehead atoms. The third-order valence-electron chi connectivity index (χ3n) is 5.48. The van der Waals surface area contributed by atoms with Gasteiger partial charge < -0.3 is 24.9 Å². The Kier molecular flexibility index (Phi) is 5.96. The van der Waals surface area contributed by atoms with Gasteiger partial charge in [0.25, 0.3) is 6.02 Å². The number of hydrogen-bond acceptors (Lipinski definition) is 6. The number of ether oxygens (including phenoxy) is 2. The van der Waals surface area contributed by atoms with Crippen LogP contribution in [0.15, 0.2) is 53.8 Å². The smallest absolute Gasteiger partial charge is 0.289 e. The molecule has 1 aliphatic rings. The number of aromatic nitrogens is 2. The summed E-state index contributed by atoms with van der Waals surface area (Å²) < 4.78 is 82.2. The lowest BCUT2D eigenvalue weighted by molar-refractivity contribution is 0.0181. The Balaban J connectivity index is 1.45. The quantitative estimate of drug-likeness (QED) is 0.330. The number of aliphatic hydroxyl groups is 1. The molecule has 3 heterocycles. The van der Waals surface area contributed by atoms with Gasteiger partial charge in [-0.1, -0.05) is 0 Å². The van der Waals surface area contributed by atoms with E-state index < -0.39 is 47.9 Å². The average Bonchev–Trinajstić information content (AvgIpc) is 3.28. The lowest BCUT2D eigenvalue weighted by Crippen LogP contribution is -2.43. The zero-order valence-corrected chi connectivity index (χ0v) is 18.3. The van der Waals surface area contributed by atoms with Crippen molar-refractivity contribution in [2.75, 3.05) is 25.1 Å². The van der Waals surface area contributed by atoms with Crippen LogP contribution in [0.25, 0.3) is 22.2 Å². The van der Waals surface area contributed by atoms with Crippen molar-refractivity contribution in [2.24, 2.45) is 4.99 Å². The van der Waals surface area contributed by atoms with E-state index in [1.54, 1.807) is 0 Å². The number of hydrogen-bond donors (Lipinski definition) is 3. The number of anilines is 1. The second kappa shape index (κ2) is 9.11. The molecule has 186 valence electrons. The van der Waals surface area contributed by atoms with Crippen LogP contribution < -0.4 is 10.1 Å². The van der Waals surface area contributed by atoms with Crippen LogP contribution in [0.4, 0.5) is 27.6 Å². The van der Waals surface area contributed by atoms with Crippen LogP contribution in [0.1, 0.15) is 0 Å². The second-order valence-corrected chi connectivity index (χ2v) is 8.07. The predicted molar refractivity (Wildman–Crippen MR) is 121 cm³/mol. The summed E-state index contributed by atoms with van der Waals surface area (Å²) in [7, 11) is 0. The Hall–Kier alpha value is -4.19. The standard InChI is InChI=1S/C24H17F5N4O3/c25-12-1-2-14(16(26)5-12)15-8-31-22-20(15)19(3-4-30-22)36-21-17(27)6-13(7-18(21)28)33-23-32-9-24(29,10-34)11-35-23/h1-8,34H,9-11H2,(H,30,31)(H,32,33)/t24-/m1/s1. The molecule has 5 rings (SSSR count). The van der Waals surface area contributed by atoms with E-state index in [2.05, 4.69) is 20.3 Å². The monoisotopic (exact) mass is 504 g/mol. The third kappa shape index (κ3) is 4.42. The lowest BCUT2D eigenvalue weighted by atomic mass is 10.0. The molecule has 3 N–H and O–H groups in total. The van der Waals surface area contributed by atoms with Crippen LogP contribution in [0.2, 0.25) is 0 Å². The van der Waals surface area contributed by atoms with Gasteiger partial charge in [-0.2, -0.15) is 0 Å². The summed E-state index contributed by atoms with van der Waals surface area (Å²) in [6.07, 6.45) is 2.76. The maximum absolute atomic E-state index is 14.9. The molecular weight excluding hydrogens is 487 g/mol. The Bertz CT molecular complexity index is 1470. The average molecular weight is 504 g/mol. The van der Waals surface area contributed by atoms with Gasteiger partial charge in [-0.15, -0.1) is 0 Å². The molecule has 1 aliphatic heterocycles. The molecule has 0 aliphatic carbocycles. The number of pyridine rings is 1. The Morgan fingerprint density at radius 2 is 1.83 bits per heavy atom. The van der Waals surface area contributed by atoms with E-state index >= 15 is 0 Å². The van der Waals surface area contributed by atoms with Crippen LogP contribution in [0, 0.1) is 23.3 Å². The number of nitrogens with one attached hydrogen (secondary N) is 2. The molecule has 2 aromatic heterocycles. The lowest BCUT2D eigenvalue weighted by Gasteiger charge is -2.26. The zero-order chi connectivity index (χ0) is 25.4. The van der Waals surface area contributed by atoms with Crippen LogP contribution in [0.5, 0.6) is 11.5 Å². The highest BCUT2D eigenvalue weighted by atomic mass is 19.2. The summed E-state index contributed by atoms with van der Waals surface area (Å²) in [5.74, 6) is -4.53. The van der Waals surface area contributed by atoms with Gasteiger partial charge in [-0.05, 0) is 18.2 Å². The first-order chi connectivity index (χ1) is 17.3. The molecule has 0 spiro atoms. The van der Waals surface area contributed by atoms with Gasteiger partial charge in [0.05, 0.1) is 18.5 Å². The number of amidine groups is 1. The Morgan fingerprint density at radius 3 is 2.50 bits per heavy atom. The number of H-pyrrole nitrogens is 1. The first-order valence-electron chi connectivity index (χ1n) is 10.6. The van der Waals surface area contributed by atoms with Gasteiger partial charge in [-0.25, -0.2) is 31.9 Å². The largest absolute Gasteiger partial charge is 0.461 e. The number of aliphatic imine (C=N–C) groups is 1. The van der Waals surface area contributed by atoms with Gasteiger partial charge >= 0.3 is 0 Å². The van der Waals surface area contributed by atoms with Crippen molar-refractivity contribution in [3.05, 3.63) is 72.1 Å². The summed E-state index contributed by atoms with van der Waals surface area (Å²) in [4.78, 5) is 10.7. The van der Waals surface area contributed by atoms with Gasteiger partial charge in [0.2, 0.25) is 0 Å². The first-order valence-corrected chi connectivity index (χ1v) is 10.6. The fourth-order valence-electron chi connectivity index (χ4n) is 3.67. The number of alkyl halides is 1. The molecule has 4 aromatic rings. The molecular formula is C24H17F5N4O3. The highest BCUT2D eigenvalue weighted by molar-refractivity contribution is 5.98. The maximum Gasteiger partial charge on any atom is 0.289 e. The number of aliphatic hydroxyl groups excluding tert-OH is 1. The number of halogens is 5. The molecule has 0 saturated carbocycles. The Morgan fingerprint density at radius 1 is 1.06 bits per heavy atom. The normalized spacial score (nSPS) is 17.6. The van der Waals surface area contributed by atoms with Crippen molar-refractivity contribution in [3.63, 3.8) is 0 Å². The molecule has 0 saturated heterocycles. The number of nitrogens with zero attached hydrogens (tertiary/aromatic N) is 2. The number of rotatable bonds is 5. The fraction of sp³-hybridized carbons (Fsp3) is 0.167. The van der Waals surface area contributed by atoms with E-state index in [0.717, 1.165) is 18.2 Å². The molecule has 0 fully saturated rings. The highest BCUT2D eigenvalue weighted by Crippen LogP contribution is 2.39. The maximum atomic E-state index is 14.9. The van der Waals surface area contributed by atoms with E-state index in [1.807, 2.05) is 0 Å². The van der Waals surface area contributed by atoms with E-state index in [4.69, 9.17) is 14.6 Å². The minimum absolute atomic E-state index is 0.0261. The number of benzene rings is 2. The van der Waals surface area contributed by atoms with Gasteiger partial charge in [0.1, 0.15) is 29.6 Å². The SMILES string of the molecule is OC[C@]1(F)CN=C(Nc2cc(F)c(Oc3ccnc4[nH]cc(-c5ccc(F)cc5F)c34)c(F)c2)OC1. The number of fused-ring (bicyclic) bond motifs is 1. The van der Waals surface area contributed by atoms with E-state index in [-0.39, 0.29) is 46.2 Å². The van der Waals surface area contributed by atoms with Crippen LogP contribution in [0.3, 0.4) is 0 Å². The molecule has 36 heavy (non-hydrogen) atoms. The van der Waals surface area contributed by atoms with Crippen LogP contribution >= 0.6 is 0 Å². The topological polar surface area (TPSA) is 91.8 Å². The van der Waals surface area contributed by atoms with Gasteiger partial charge in [0, 0.05) is 47.4 Å². The second-order valence-electron chi connectivity index (χ2n) is 8.07. The molecule has 0 amide bonds. The fourth-order valence-corrected chi connectivity index (χ4v) is 3.67. The minimum Gasteiger partial charge on any atom is -0.461 e. The van der Waals surface area contributed by atoms with Crippen molar-refractivity contribution < 1.29 is 36.5 Å². The minimum atomic E-state index is -2.02. The van der Waals surface area contributed by atoms with Crippen LogP contribution in [-0.4, -0.2) is 46.5 Å². The van der Waals surface area contributed by atoms with E-state index in [1.165, 1.54) is 24.5 Å². The number of aromatic amines is 1. The first kappa shape index (κ1) is 23.5. The summed E-state index contributed by atoms with van der Waals surface area (Å²) in [6, 6.07) is 6.05. The van der Waals surface area contributed by atoms with Gasteiger partial charge in [0.15, 0.2) is 23.1 Å². The van der Waals surface area contributed by atoms with Crippen molar-refractivity contribution in [3.8, 4) is 22.6 Å². The van der Waals surface area contributed by atoms with Crippen molar-refractivity contribution in [1.29, 1.82) is 0 Å². The molecule has 2 aromatic carbocycles. The summed E-state index contributed by atoms with van der Waals surface area (Å²) in [6.45, 7) is -1.64. The van der Waals surface area contributed by atoms with E-state index in [9.17, 15) is 22.0 Å². The molecule has 12 heteroatoms. The Labute approximate surface area is 200 Å². The predicted octanol–water partition coefficient (Wildman–Crippen LogP) is 5.08. The van der Waals surface area contributed by atoms with Gasteiger partial charge in [-0.3, -0.25) is 0 Å². The van der Waals surface area contributed by atoms with Crippen molar-refractivity contribution >= 4 is 22.7 Å².